The molecule has 1 aliphatic heterocycles. The summed E-state index contributed by atoms with van der Waals surface area (Å²) in [6.07, 6.45) is 0.873. The van der Waals surface area contributed by atoms with E-state index in [1.807, 2.05) is 61.2 Å². The van der Waals surface area contributed by atoms with Crippen LogP contribution in [0.2, 0.25) is 5.02 Å². The fraction of sp³-hybridized carbons (Fsp3) is 0.375. The van der Waals surface area contributed by atoms with Gasteiger partial charge >= 0.3 is 0 Å². The van der Waals surface area contributed by atoms with Gasteiger partial charge in [0.05, 0.1) is 0 Å². The number of nitrogens with zero attached hydrogens (tertiary/aromatic N) is 1. The number of benzene rings is 3. The van der Waals surface area contributed by atoms with E-state index >= 15 is 0 Å². The van der Waals surface area contributed by atoms with Crippen molar-refractivity contribution in [2.24, 2.45) is 11.3 Å². The van der Waals surface area contributed by atoms with E-state index in [1.54, 1.807) is 6.07 Å². The van der Waals surface area contributed by atoms with E-state index in [-0.39, 0.29) is 23.1 Å². The average molecular weight is 517 g/mol. The molecule has 0 unspecified atom stereocenters. The molecule has 1 N–H and O–H groups in total. The molecule has 2 atom stereocenters. The van der Waals surface area contributed by atoms with E-state index in [4.69, 9.17) is 11.6 Å². The third kappa shape index (κ3) is 6.24. The number of rotatable bonds is 6. The first kappa shape index (κ1) is 26.9. The molecule has 3 aromatic carbocycles. The van der Waals surface area contributed by atoms with Gasteiger partial charge in [-0.3, -0.25) is 9.59 Å². The maximum atomic E-state index is 13.7. The Morgan fingerprint density at radius 1 is 0.973 bits per heavy atom. The van der Waals surface area contributed by atoms with Gasteiger partial charge in [0.25, 0.3) is 5.91 Å². The van der Waals surface area contributed by atoms with Crippen molar-refractivity contribution in [1.82, 2.24) is 10.2 Å². The minimum Gasteiger partial charge on any atom is -0.340 e. The summed E-state index contributed by atoms with van der Waals surface area (Å²) in [5.74, 6) is 0.0662. The average Bonchev–Trinajstić information content (AvgIpc) is 2.87. The third-order valence-corrected chi connectivity index (χ3v) is 7.76. The summed E-state index contributed by atoms with van der Waals surface area (Å²) in [6, 6.07) is 23.3. The molecule has 0 aliphatic carbocycles. The lowest BCUT2D eigenvalue weighted by molar-refractivity contribution is -0.137. The Morgan fingerprint density at radius 3 is 2.24 bits per heavy atom. The second-order valence-electron chi connectivity index (χ2n) is 11.3. The van der Waals surface area contributed by atoms with Gasteiger partial charge in [-0.15, -0.1) is 0 Å². The highest BCUT2D eigenvalue weighted by molar-refractivity contribution is 6.30. The van der Waals surface area contributed by atoms with Crippen molar-refractivity contribution in [3.63, 3.8) is 0 Å². The topological polar surface area (TPSA) is 49.4 Å². The molecule has 0 bridgehead atoms. The van der Waals surface area contributed by atoms with E-state index in [0.717, 1.165) is 22.6 Å². The highest BCUT2D eigenvalue weighted by Crippen LogP contribution is 2.42. The first-order valence-corrected chi connectivity index (χ1v) is 13.4. The molecule has 1 aliphatic rings. The molecule has 0 radical (unpaired) electrons. The molecular weight excluding hydrogens is 480 g/mol. The van der Waals surface area contributed by atoms with E-state index in [2.05, 4.69) is 50.4 Å². The number of carbonyl (C=O) groups is 2. The maximum absolute atomic E-state index is 13.7. The van der Waals surface area contributed by atoms with E-state index < -0.39 is 6.04 Å². The minimum absolute atomic E-state index is 0.0131. The summed E-state index contributed by atoms with van der Waals surface area (Å²) in [4.78, 5) is 28.9. The molecule has 3 aromatic rings. The molecule has 194 valence electrons. The van der Waals surface area contributed by atoms with Crippen LogP contribution in [0.1, 0.15) is 61.5 Å². The zero-order valence-corrected chi connectivity index (χ0v) is 23.2. The number of hydrogen-bond acceptors (Lipinski definition) is 2. The second-order valence-corrected chi connectivity index (χ2v) is 11.7. The van der Waals surface area contributed by atoms with Gasteiger partial charge in [0.15, 0.2) is 0 Å². The Morgan fingerprint density at radius 2 is 1.62 bits per heavy atom. The predicted molar refractivity (Wildman–Crippen MR) is 152 cm³/mol. The van der Waals surface area contributed by atoms with Crippen LogP contribution in [0.5, 0.6) is 0 Å². The summed E-state index contributed by atoms with van der Waals surface area (Å²) in [6.45, 7) is 11.8. The monoisotopic (exact) mass is 516 g/mol. The van der Waals surface area contributed by atoms with Crippen LogP contribution >= 0.6 is 11.6 Å². The molecule has 5 heteroatoms. The quantitative estimate of drug-likeness (QED) is 0.379. The van der Waals surface area contributed by atoms with Gasteiger partial charge in [-0.2, -0.15) is 0 Å². The van der Waals surface area contributed by atoms with Crippen molar-refractivity contribution >= 4 is 23.4 Å². The molecule has 0 aromatic heterocycles. The van der Waals surface area contributed by atoms with Gasteiger partial charge in [-0.05, 0) is 71.6 Å². The standard InChI is InChI=1S/C32H37ClN2O2/c1-21(2)29(34-30(36)26-11-7-10-25(19-26)24-9-6-8-22(3)18-24)31(37)35-17-16-28(32(4,5)20-35)23-12-14-27(33)15-13-23/h6-15,18-19,21,28-29H,16-17,20H2,1-5H3,(H,34,36)/t28-,29-/m1/s1. The zero-order chi connectivity index (χ0) is 26.7. The summed E-state index contributed by atoms with van der Waals surface area (Å²) >= 11 is 6.10. The number of likely N-dealkylation sites (tertiary alicyclic amines) is 1. The number of aryl methyl sites for hydroxylation is 1. The van der Waals surface area contributed by atoms with Gasteiger partial charge < -0.3 is 10.2 Å². The van der Waals surface area contributed by atoms with Crippen LogP contribution in [0.15, 0.2) is 72.8 Å². The summed E-state index contributed by atoms with van der Waals surface area (Å²) < 4.78 is 0. The molecule has 1 heterocycles. The predicted octanol–water partition coefficient (Wildman–Crippen LogP) is 7.11. The minimum atomic E-state index is -0.585. The van der Waals surface area contributed by atoms with Gasteiger partial charge in [0.2, 0.25) is 5.91 Å². The lowest BCUT2D eigenvalue weighted by atomic mass is 9.70. The molecule has 2 amide bonds. The van der Waals surface area contributed by atoms with Crippen LogP contribution in [0.25, 0.3) is 11.1 Å². The third-order valence-electron chi connectivity index (χ3n) is 7.51. The van der Waals surface area contributed by atoms with Crippen LogP contribution in [0, 0.1) is 18.3 Å². The van der Waals surface area contributed by atoms with Crippen molar-refractivity contribution in [2.75, 3.05) is 13.1 Å². The largest absolute Gasteiger partial charge is 0.340 e. The van der Waals surface area contributed by atoms with Gasteiger partial charge in [-0.25, -0.2) is 0 Å². The first-order valence-electron chi connectivity index (χ1n) is 13.1. The molecule has 0 saturated carbocycles. The molecule has 1 fully saturated rings. The zero-order valence-electron chi connectivity index (χ0n) is 22.4. The van der Waals surface area contributed by atoms with Crippen molar-refractivity contribution < 1.29 is 9.59 Å². The molecular formula is C32H37ClN2O2. The van der Waals surface area contributed by atoms with Gasteiger partial charge in [0.1, 0.15) is 6.04 Å². The second kappa shape index (κ2) is 11.1. The van der Waals surface area contributed by atoms with E-state index in [9.17, 15) is 9.59 Å². The number of amides is 2. The van der Waals surface area contributed by atoms with Gasteiger partial charge in [0, 0.05) is 23.7 Å². The number of nitrogens with one attached hydrogen (secondary N) is 1. The molecule has 4 rings (SSSR count). The number of carbonyl (C=O) groups excluding carboxylic acids is 2. The Balaban J connectivity index is 1.48. The van der Waals surface area contributed by atoms with Crippen LogP contribution in [0.4, 0.5) is 0 Å². The fourth-order valence-corrected chi connectivity index (χ4v) is 5.58. The fourth-order valence-electron chi connectivity index (χ4n) is 5.46. The van der Waals surface area contributed by atoms with Crippen molar-refractivity contribution in [3.05, 3.63) is 94.5 Å². The number of halogens is 1. The smallest absolute Gasteiger partial charge is 0.251 e. The lowest BCUT2D eigenvalue weighted by Crippen LogP contribution is -2.55. The Labute approximate surface area is 226 Å². The number of piperidine rings is 1. The molecule has 0 spiro atoms. The summed E-state index contributed by atoms with van der Waals surface area (Å²) in [5.41, 5.74) is 4.92. The highest BCUT2D eigenvalue weighted by atomic mass is 35.5. The highest BCUT2D eigenvalue weighted by Gasteiger charge is 2.40. The van der Waals surface area contributed by atoms with Gasteiger partial charge in [-0.1, -0.05) is 93.4 Å². The van der Waals surface area contributed by atoms with E-state index in [1.165, 1.54) is 11.1 Å². The maximum Gasteiger partial charge on any atom is 0.251 e. The summed E-state index contributed by atoms with van der Waals surface area (Å²) in [5, 5.41) is 3.78. The normalized spacial score (nSPS) is 17.9. The van der Waals surface area contributed by atoms with Crippen LogP contribution in [-0.2, 0) is 4.79 Å². The van der Waals surface area contributed by atoms with Crippen molar-refractivity contribution in [1.29, 1.82) is 0 Å². The SMILES string of the molecule is Cc1cccc(-c2cccc(C(=O)N[C@@H](C(=O)N3CC[C@H](c4ccc(Cl)cc4)C(C)(C)C3)C(C)C)c2)c1. The Bertz CT molecular complexity index is 1270. The van der Waals surface area contributed by atoms with Crippen molar-refractivity contribution in [3.8, 4) is 11.1 Å². The lowest BCUT2D eigenvalue weighted by Gasteiger charge is -2.45. The Hall–Kier alpha value is -3.11. The van der Waals surface area contributed by atoms with Crippen LogP contribution in [-0.4, -0.2) is 35.8 Å². The molecule has 37 heavy (non-hydrogen) atoms. The van der Waals surface area contributed by atoms with Crippen LogP contribution < -0.4 is 5.32 Å². The number of hydrogen-bond donors (Lipinski definition) is 1. The molecule has 1 saturated heterocycles. The summed E-state index contributed by atoms with van der Waals surface area (Å²) in [7, 11) is 0. The Kier molecular flexibility index (Phi) is 8.08. The van der Waals surface area contributed by atoms with E-state index in [0.29, 0.717) is 24.6 Å². The van der Waals surface area contributed by atoms with Crippen molar-refractivity contribution in [2.45, 2.75) is 53.0 Å². The molecule has 4 nitrogen and oxygen atoms in total. The van der Waals surface area contributed by atoms with Crippen LogP contribution in [0.3, 0.4) is 0 Å². The first-order chi connectivity index (χ1) is 17.5.